The van der Waals surface area contributed by atoms with Gasteiger partial charge in [-0.15, -0.1) is 11.3 Å². The van der Waals surface area contributed by atoms with E-state index in [4.69, 9.17) is 4.74 Å². The Bertz CT molecular complexity index is 811. The monoisotopic (exact) mass is 312 g/mol. The second-order valence-electron chi connectivity index (χ2n) is 5.71. The highest BCUT2D eigenvalue weighted by Crippen LogP contribution is 2.35. The SMILES string of the molecule is Cc1ncc2ccc(-c3cncs3)cc2c1O[C@H]1C[C@@H](O)C1. The maximum atomic E-state index is 9.45. The number of aryl methyl sites for hydroxylation is 1. The Hall–Kier alpha value is -1.98. The van der Waals surface area contributed by atoms with Gasteiger partial charge in [0.05, 0.1) is 22.2 Å². The van der Waals surface area contributed by atoms with Crippen molar-refractivity contribution in [1.82, 2.24) is 9.97 Å². The number of hydrogen-bond donors (Lipinski definition) is 1. The van der Waals surface area contributed by atoms with Crippen molar-refractivity contribution in [2.24, 2.45) is 0 Å². The summed E-state index contributed by atoms with van der Waals surface area (Å²) in [6.45, 7) is 1.96. The molecule has 1 aliphatic rings. The number of rotatable bonds is 3. The van der Waals surface area contributed by atoms with Gasteiger partial charge in [-0.2, -0.15) is 0 Å². The van der Waals surface area contributed by atoms with Gasteiger partial charge in [0, 0.05) is 36.0 Å². The van der Waals surface area contributed by atoms with E-state index in [0.29, 0.717) is 12.8 Å². The van der Waals surface area contributed by atoms with E-state index in [1.165, 1.54) is 0 Å². The van der Waals surface area contributed by atoms with Gasteiger partial charge < -0.3 is 9.84 Å². The lowest BCUT2D eigenvalue weighted by Crippen LogP contribution is -2.37. The summed E-state index contributed by atoms with van der Waals surface area (Å²) in [5.74, 6) is 0.834. The summed E-state index contributed by atoms with van der Waals surface area (Å²) in [5, 5.41) is 11.6. The molecule has 1 N–H and O–H groups in total. The molecule has 5 heteroatoms. The molecular formula is C17H16N2O2S. The van der Waals surface area contributed by atoms with Crippen LogP contribution in [0.3, 0.4) is 0 Å². The molecule has 0 radical (unpaired) electrons. The molecule has 0 unspecified atom stereocenters. The number of nitrogens with zero attached hydrogens (tertiary/aromatic N) is 2. The lowest BCUT2D eigenvalue weighted by atomic mass is 9.92. The highest BCUT2D eigenvalue weighted by molar-refractivity contribution is 7.13. The van der Waals surface area contributed by atoms with Crippen LogP contribution in [-0.4, -0.2) is 27.3 Å². The molecule has 22 heavy (non-hydrogen) atoms. The van der Waals surface area contributed by atoms with Crippen molar-refractivity contribution in [3.05, 3.63) is 41.8 Å². The molecule has 0 aliphatic heterocycles. The van der Waals surface area contributed by atoms with Crippen molar-refractivity contribution in [2.75, 3.05) is 0 Å². The van der Waals surface area contributed by atoms with Gasteiger partial charge in [-0.25, -0.2) is 0 Å². The van der Waals surface area contributed by atoms with Gasteiger partial charge in [0.25, 0.3) is 0 Å². The summed E-state index contributed by atoms with van der Waals surface area (Å²) in [6.07, 6.45) is 5.02. The van der Waals surface area contributed by atoms with E-state index in [1.54, 1.807) is 11.3 Å². The third kappa shape index (κ3) is 2.36. The number of pyridine rings is 1. The van der Waals surface area contributed by atoms with E-state index < -0.39 is 0 Å². The quantitative estimate of drug-likeness (QED) is 0.803. The number of hydrogen-bond acceptors (Lipinski definition) is 5. The van der Waals surface area contributed by atoms with Gasteiger partial charge in [-0.1, -0.05) is 12.1 Å². The molecule has 4 nitrogen and oxygen atoms in total. The summed E-state index contributed by atoms with van der Waals surface area (Å²) < 4.78 is 6.10. The highest BCUT2D eigenvalue weighted by atomic mass is 32.1. The van der Waals surface area contributed by atoms with Crippen molar-refractivity contribution in [3.8, 4) is 16.2 Å². The predicted molar refractivity (Wildman–Crippen MR) is 87.2 cm³/mol. The van der Waals surface area contributed by atoms with Crippen LogP contribution in [0.5, 0.6) is 5.75 Å². The van der Waals surface area contributed by atoms with Crippen LogP contribution in [0.15, 0.2) is 36.1 Å². The first kappa shape index (κ1) is 13.7. The summed E-state index contributed by atoms with van der Waals surface area (Å²) in [5.41, 5.74) is 3.86. The predicted octanol–water partition coefficient (Wildman–Crippen LogP) is 3.57. The van der Waals surface area contributed by atoms with Crippen LogP contribution < -0.4 is 4.74 Å². The summed E-state index contributed by atoms with van der Waals surface area (Å²) >= 11 is 1.62. The Kier molecular flexibility index (Phi) is 3.32. The molecule has 1 aliphatic carbocycles. The Morgan fingerprint density at radius 1 is 1.27 bits per heavy atom. The molecule has 0 amide bonds. The van der Waals surface area contributed by atoms with Crippen LogP contribution in [0.1, 0.15) is 18.5 Å². The zero-order chi connectivity index (χ0) is 15.1. The maximum absolute atomic E-state index is 9.45. The number of thiazole rings is 1. The van der Waals surface area contributed by atoms with Crippen LogP contribution >= 0.6 is 11.3 Å². The van der Waals surface area contributed by atoms with Gasteiger partial charge in [-0.05, 0) is 18.6 Å². The van der Waals surface area contributed by atoms with E-state index in [2.05, 4.69) is 28.2 Å². The van der Waals surface area contributed by atoms with E-state index in [9.17, 15) is 5.11 Å². The first-order chi connectivity index (χ1) is 10.7. The van der Waals surface area contributed by atoms with Gasteiger partial charge in [-0.3, -0.25) is 9.97 Å². The first-order valence-corrected chi connectivity index (χ1v) is 8.21. The van der Waals surface area contributed by atoms with Crippen molar-refractivity contribution in [3.63, 3.8) is 0 Å². The number of benzene rings is 1. The van der Waals surface area contributed by atoms with E-state index in [0.717, 1.165) is 32.7 Å². The van der Waals surface area contributed by atoms with E-state index >= 15 is 0 Å². The van der Waals surface area contributed by atoms with Gasteiger partial charge >= 0.3 is 0 Å². The number of ether oxygens (including phenoxy) is 1. The summed E-state index contributed by atoms with van der Waals surface area (Å²) in [7, 11) is 0. The Balaban J connectivity index is 1.79. The maximum Gasteiger partial charge on any atom is 0.148 e. The molecule has 3 aromatic rings. The molecule has 2 heterocycles. The number of aromatic nitrogens is 2. The standard InChI is InChI=1S/C17H16N2O2S/c1-10-17(21-14-5-13(20)6-14)15-4-11(16-8-18-9-22-16)2-3-12(15)7-19-10/h2-4,7-9,13-14,20H,5-6H2,1H3/t13-,14+. The van der Waals surface area contributed by atoms with Crippen LogP contribution in [0.4, 0.5) is 0 Å². The average molecular weight is 312 g/mol. The number of fused-ring (bicyclic) bond motifs is 1. The fourth-order valence-corrected chi connectivity index (χ4v) is 3.37. The normalized spacial score (nSPS) is 20.8. The molecule has 0 bridgehead atoms. The molecule has 1 fully saturated rings. The van der Waals surface area contributed by atoms with E-state index in [1.807, 2.05) is 24.8 Å². The van der Waals surface area contributed by atoms with E-state index in [-0.39, 0.29) is 12.2 Å². The number of aliphatic hydroxyl groups excluding tert-OH is 1. The molecule has 1 saturated carbocycles. The third-order valence-electron chi connectivity index (χ3n) is 4.10. The second kappa shape index (κ2) is 5.34. The smallest absolute Gasteiger partial charge is 0.148 e. The molecule has 0 spiro atoms. The Morgan fingerprint density at radius 2 is 2.14 bits per heavy atom. The van der Waals surface area contributed by atoms with Gasteiger partial charge in [0.15, 0.2) is 0 Å². The van der Waals surface area contributed by atoms with Gasteiger partial charge in [0.1, 0.15) is 11.9 Å². The zero-order valence-corrected chi connectivity index (χ0v) is 13.0. The molecular weight excluding hydrogens is 296 g/mol. The largest absolute Gasteiger partial charge is 0.488 e. The topological polar surface area (TPSA) is 55.2 Å². The van der Waals surface area contributed by atoms with Crippen LogP contribution in [-0.2, 0) is 0 Å². The zero-order valence-electron chi connectivity index (χ0n) is 12.2. The van der Waals surface area contributed by atoms with Crippen molar-refractivity contribution >= 4 is 22.1 Å². The Morgan fingerprint density at radius 3 is 2.86 bits per heavy atom. The van der Waals surface area contributed by atoms with Crippen LogP contribution in [0.2, 0.25) is 0 Å². The molecule has 4 rings (SSSR count). The van der Waals surface area contributed by atoms with Crippen molar-refractivity contribution in [2.45, 2.75) is 32.0 Å². The third-order valence-corrected chi connectivity index (χ3v) is 4.92. The van der Waals surface area contributed by atoms with Crippen molar-refractivity contribution < 1.29 is 9.84 Å². The van der Waals surface area contributed by atoms with Crippen LogP contribution in [0.25, 0.3) is 21.2 Å². The van der Waals surface area contributed by atoms with Crippen molar-refractivity contribution in [1.29, 1.82) is 0 Å². The van der Waals surface area contributed by atoms with Gasteiger partial charge in [0.2, 0.25) is 0 Å². The minimum absolute atomic E-state index is 0.0909. The molecule has 1 aromatic carbocycles. The average Bonchev–Trinajstić information content (AvgIpc) is 3.02. The summed E-state index contributed by atoms with van der Waals surface area (Å²) in [6, 6.07) is 6.30. The lowest BCUT2D eigenvalue weighted by molar-refractivity contribution is -0.0105. The molecule has 2 aromatic heterocycles. The lowest BCUT2D eigenvalue weighted by Gasteiger charge is -2.32. The minimum atomic E-state index is -0.221. The fraction of sp³-hybridized carbons (Fsp3) is 0.294. The van der Waals surface area contributed by atoms with Crippen LogP contribution in [0, 0.1) is 6.92 Å². The number of aliphatic hydroxyl groups is 1. The molecule has 0 saturated heterocycles. The molecule has 0 atom stereocenters. The fourth-order valence-electron chi connectivity index (χ4n) is 2.75. The first-order valence-electron chi connectivity index (χ1n) is 7.33. The minimum Gasteiger partial charge on any atom is -0.488 e. The Labute approximate surface area is 132 Å². The summed E-state index contributed by atoms with van der Waals surface area (Å²) in [4.78, 5) is 9.72. The second-order valence-corrected chi connectivity index (χ2v) is 6.59. The molecule has 112 valence electrons. The highest BCUT2D eigenvalue weighted by Gasteiger charge is 2.30.